The molecule has 0 aliphatic carbocycles. The normalized spacial score (nSPS) is 15.7. The molecule has 116 valence electrons. The van der Waals surface area contributed by atoms with E-state index in [2.05, 4.69) is 31.5 Å². The van der Waals surface area contributed by atoms with E-state index in [1.807, 2.05) is 29.6 Å². The maximum absolute atomic E-state index is 12.2. The van der Waals surface area contributed by atoms with Gasteiger partial charge >= 0.3 is 0 Å². The molecule has 2 heterocycles. The van der Waals surface area contributed by atoms with Crippen molar-refractivity contribution in [3.63, 3.8) is 0 Å². The monoisotopic (exact) mass is 379 g/mol. The Balaban J connectivity index is 1.61. The number of aromatic nitrogens is 1. The Kier molecular flexibility index (Phi) is 5.23. The van der Waals surface area contributed by atoms with Crippen molar-refractivity contribution in [1.82, 2.24) is 15.6 Å². The van der Waals surface area contributed by atoms with Crippen LogP contribution in [0.25, 0.3) is 0 Å². The van der Waals surface area contributed by atoms with Gasteiger partial charge in [0.15, 0.2) is 0 Å². The van der Waals surface area contributed by atoms with Crippen LogP contribution in [0.3, 0.4) is 0 Å². The van der Waals surface area contributed by atoms with E-state index in [0.29, 0.717) is 18.2 Å². The highest BCUT2D eigenvalue weighted by Gasteiger charge is 2.20. The lowest BCUT2D eigenvalue weighted by molar-refractivity contribution is 0.0946. The number of rotatable bonds is 4. The molecule has 0 spiro atoms. The maximum atomic E-state index is 12.2. The summed E-state index contributed by atoms with van der Waals surface area (Å²) in [6, 6.07) is 7.89. The van der Waals surface area contributed by atoms with Crippen molar-refractivity contribution in [2.45, 2.75) is 25.3 Å². The smallest absolute Gasteiger partial charge is 0.271 e. The Labute approximate surface area is 142 Å². The van der Waals surface area contributed by atoms with Crippen molar-refractivity contribution in [3.8, 4) is 0 Å². The molecule has 1 amide bonds. The summed E-state index contributed by atoms with van der Waals surface area (Å²) in [6.07, 6.45) is 2.21. The van der Waals surface area contributed by atoms with Gasteiger partial charge in [0.25, 0.3) is 5.91 Å². The van der Waals surface area contributed by atoms with Crippen LogP contribution in [0.1, 0.15) is 39.8 Å². The number of nitrogens with one attached hydrogen (secondary N) is 2. The standard InChI is InChI=1S/C16H18BrN3OS/c17-13-4-2-1-3-12(13)9-19-15(21)14-10-22-16(20-14)11-5-7-18-8-6-11/h1-4,10-11,18H,5-9H2,(H,19,21). The van der Waals surface area contributed by atoms with Gasteiger partial charge < -0.3 is 10.6 Å². The zero-order chi connectivity index (χ0) is 15.4. The fourth-order valence-corrected chi connectivity index (χ4v) is 3.95. The molecule has 6 heteroatoms. The molecule has 1 aromatic heterocycles. The second-order valence-corrected chi connectivity index (χ2v) is 7.11. The number of thiazole rings is 1. The van der Waals surface area contributed by atoms with Crippen LogP contribution in [0.15, 0.2) is 34.1 Å². The van der Waals surface area contributed by atoms with E-state index in [1.165, 1.54) is 0 Å². The third-order valence-corrected chi connectivity index (χ3v) is 5.62. The van der Waals surface area contributed by atoms with Crippen molar-refractivity contribution in [1.29, 1.82) is 0 Å². The predicted molar refractivity (Wildman–Crippen MR) is 92.3 cm³/mol. The van der Waals surface area contributed by atoms with Gasteiger partial charge in [-0.2, -0.15) is 0 Å². The van der Waals surface area contributed by atoms with Crippen molar-refractivity contribution < 1.29 is 4.79 Å². The summed E-state index contributed by atoms with van der Waals surface area (Å²) < 4.78 is 1.00. The summed E-state index contributed by atoms with van der Waals surface area (Å²) >= 11 is 5.09. The van der Waals surface area contributed by atoms with Crippen LogP contribution in [-0.4, -0.2) is 24.0 Å². The summed E-state index contributed by atoms with van der Waals surface area (Å²) in [5, 5.41) is 9.24. The molecule has 1 aliphatic heterocycles. The Morgan fingerprint density at radius 3 is 2.91 bits per heavy atom. The van der Waals surface area contributed by atoms with E-state index in [0.717, 1.165) is 41.0 Å². The van der Waals surface area contributed by atoms with E-state index >= 15 is 0 Å². The highest BCUT2D eigenvalue weighted by molar-refractivity contribution is 9.10. The number of hydrogen-bond acceptors (Lipinski definition) is 4. The van der Waals surface area contributed by atoms with Gasteiger partial charge in [-0.15, -0.1) is 11.3 Å². The zero-order valence-electron chi connectivity index (χ0n) is 12.1. The Morgan fingerprint density at radius 1 is 1.36 bits per heavy atom. The first-order valence-electron chi connectivity index (χ1n) is 7.42. The number of hydrogen-bond donors (Lipinski definition) is 2. The van der Waals surface area contributed by atoms with Gasteiger partial charge in [0.2, 0.25) is 0 Å². The average molecular weight is 380 g/mol. The van der Waals surface area contributed by atoms with E-state index in [4.69, 9.17) is 0 Å². The molecule has 1 fully saturated rings. The van der Waals surface area contributed by atoms with E-state index < -0.39 is 0 Å². The highest BCUT2D eigenvalue weighted by atomic mass is 79.9. The number of amides is 1. The highest BCUT2D eigenvalue weighted by Crippen LogP contribution is 2.27. The lowest BCUT2D eigenvalue weighted by Crippen LogP contribution is -2.27. The van der Waals surface area contributed by atoms with Crippen molar-refractivity contribution >= 4 is 33.2 Å². The molecular weight excluding hydrogens is 362 g/mol. The minimum atomic E-state index is -0.104. The maximum Gasteiger partial charge on any atom is 0.271 e. The lowest BCUT2D eigenvalue weighted by atomic mass is 9.99. The number of nitrogens with zero attached hydrogens (tertiary/aromatic N) is 1. The molecule has 1 saturated heterocycles. The molecule has 2 aromatic rings. The number of carbonyl (C=O) groups is 1. The van der Waals surface area contributed by atoms with E-state index in [-0.39, 0.29) is 5.91 Å². The van der Waals surface area contributed by atoms with Gasteiger partial charge in [-0.25, -0.2) is 4.98 Å². The summed E-state index contributed by atoms with van der Waals surface area (Å²) in [5.74, 6) is 0.392. The quantitative estimate of drug-likeness (QED) is 0.856. The van der Waals surface area contributed by atoms with Gasteiger partial charge in [-0.05, 0) is 37.6 Å². The van der Waals surface area contributed by atoms with Crippen LogP contribution in [-0.2, 0) is 6.54 Å². The molecule has 0 atom stereocenters. The zero-order valence-corrected chi connectivity index (χ0v) is 14.5. The minimum Gasteiger partial charge on any atom is -0.347 e. The topological polar surface area (TPSA) is 54.0 Å². The van der Waals surface area contributed by atoms with Gasteiger partial charge in [0.05, 0.1) is 5.01 Å². The predicted octanol–water partition coefficient (Wildman–Crippen LogP) is 3.30. The van der Waals surface area contributed by atoms with Crippen LogP contribution < -0.4 is 10.6 Å². The fourth-order valence-electron chi connectivity index (χ4n) is 2.56. The van der Waals surface area contributed by atoms with E-state index in [9.17, 15) is 4.79 Å². The molecule has 0 unspecified atom stereocenters. The second kappa shape index (κ2) is 7.35. The van der Waals surface area contributed by atoms with Crippen molar-refractivity contribution in [2.24, 2.45) is 0 Å². The minimum absolute atomic E-state index is 0.104. The van der Waals surface area contributed by atoms with Crippen LogP contribution in [0.5, 0.6) is 0 Å². The summed E-state index contributed by atoms with van der Waals surface area (Å²) in [6.45, 7) is 2.57. The lowest BCUT2D eigenvalue weighted by Gasteiger charge is -2.20. The van der Waals surface area contributed by atoms with E-state index in [1.54, 1.807) is 11.3 Å². The number of halogens is 1. The number of carbonyl (C=O) groups excluding carboxylic acids is 1. The first kappa shape index (κ1) is 15.6. The molecule has 1 aliphatic rings. The molecule has 22 heavy (non-hydrogen) atoms. The summed E-state index contributed by atoms with van der Waals surface area (Å²) in [7, 11) is 0. The third kappa shape index (κ3) is 3.74. The molecule has 4 nitrogen and oxygen atoms in total. The summed E-state index contributed by atoms with van der Waals surface area (Å²) in [4.78, 5) is 16.8. The molecule has 0 saturated carbocycles. The van der Waals surface area contributed by atoms with Gasteiger partial charge in [-0.3, -0.25) is 4.79 Å². The first-order chi connectivity index (χ1) is 10.7. The second-order valence-electron chi connectivity index (χ2n) is 5.37. The number of piperidine rings is 1. The van der Waals surface area contributed by atoms with Gasteiger partial charge in [0, 0.05) is 22.3 Å². The van der Waals surface area contributed by atoms with Gasteiger partial charge in [-0.1, -0.05) is 34.1 Å². The first-order valence-corrected chi connectivity index (χ1v) is 9.09. The van der Waals surface area contributed by atoms with Gasteiger partial charge in [0.1, 0.15) is 5.69 Å². The largest absolute Gasteiger partial charge is 0.347 e. The molecule has 2 N–H and O–H groups in total. The Hall–Kier alpha value is -1.24. The van der Waals surface area contributed by atoms with Crippen molar-refractivity contribution in [3.05, 3.63) is 50.4 Å². The fraction of sp³-hybridized carbons (Fsp3) is 0.375. The van der Waals surface area contributed by atoms with Crippen LogP contribution in [0.4, 0.5) is 0 Å². The number of benzene rings is 1. The third-order valence-electron chi connectivity index (χ3n) is 3.84. The SMILES string of the molecule is O=C(NCc1ccccc1Br)c1csc(C2CCNCC2)n1. The molecule has 3 rings (SSSR count). The summed E-state index contributed by atoms with van der Waals surface area (Å²) in [5.41, 5.74) is 1.59. The van der Waals surface area contributed by atoms with Crippen LogP contribution in [0, 0.1) is 0 Å². The van der Waals surface area contributed by atoms with Crippen LogP contribution in [0.2, 0.25) is 0 Å². The molecule has 1 aromatic carbocycles. The van der Waals surface area contributed by atoms with Crippen molar-refractivity contribution in [2.75, 3.05) is 13.1 Å². The average Bonchev–Trinajstić information content (AvgIpc) is 3.05. The Bertz CT molecular complexity index is 652. The molecular formula is C16H18BrN3OS. The Morgan fingerprint density at radius 2 is 2.14 bits per heavy atom. The molecule has 0 bridgehead atoms. The molecule has 0 radical (unpaired) electrons. The van der Waals surface area contributed by atoms with Crippen LogP contribution >= 0.6 is 27.3 Å².